The van der Waals surface area contributed by atoms with Crippen molar-refractivity contribution in [2.45, 2.75) is 6.61 Å². The third-order valence-corrected chi connectivity index (χ3v) is 3.38. The fourth-order valence-corrected chi connectivity index (χ4v) is 2.20. The average molecular weight is 325 g/mol. The van der Waals surface area contributed by atoms with Crippen LogP contribution in [-0.2, 0) is 23.1 Å². The summed E-state index contributed by atoms with van der Waals surface area (Å²) in [6.07, 6.45) is -2.03. The van der Waals surface area contributed by atoms with Crippen molar-refractivity contribution in [1.82, 2.24) is 9.55 Å². The van der Waals surface area contributed by atoms with Gasteiger partial charge < -0.3 is 14.0 Å². The minimum Gasteiger partial charge on any atom is -0.429 e. The van der Waals surface area contributed by atoms with Crippen LogP contribution in [0.1, 0.15) is 5.56 Å². The molecule has 1 N–H and O–H groups in total. The van der Waals surface area contributed by atoms with Gasteiger partial charge in [0.1, 0.15) is 6.61 Å². The number of carbonyl (C=O) groups is 2. The predicted molar refractivity (Wildman–Crippen MR) is 87.4 cm³/mol. The second-order valence-corrected chi connectivity index (χ2v) is 5.02. The van der Waals surface area contributed by atoms with Gasteiger partial charge in [-0.25, -0.2) is 14.6 Å². The van der Waals surface area contributed by atoms with Crippen LogP contribution in [-0.4, -0.2) is 21.8 Å². The second-order valence-electron chi connectivity index (χ2n) is 5.02. The predicted octanol–water partition coefficient (Wildman–Crippen LogP) is 3.46. The number of hydrogen-bond acceptors (Lipinski definition) is 5. The minimum absolute atomic E-state index is 0.0270. The number of imidazole rings is 1. The monoisotopic (exact) mass is 325 g/mol. The van der Waals surface area contributed by atoms with E-state index in [0.29, 0.717) is 0 Å². The highest BCUT2D eigenvalue weighted by molar-refractivity contribution is 5.91. The number of nitrogens with one attached hydrogen (secondary N) is 1. The molecule has 0 bridgehead atoms. The molecule has 3 rings (SSSR count). The zero-order valence-corrected chi connectivity index (χ0v) is 12.9. The van der Waals surface area contributed by atoms with Gasteiger partial charge in [-0.15, -0.1) is 0 Å². The van der Waals surface area contributed by atoms with Crippen LogP contribution in [0, 0.1) is 0 Å². The van der Waals surface area contributed by atoms with Gasteiger partial charge >= 0.3 is 12.2 Å². The molecule has 0 fully saturated rings. The number of aromatic nitrogens is 2. The van der Waals surface area contributed by atoms with E-state index in [1.807, 2.05) is 42.5 Å². The normalized spacial score (nSPS) is 10.4. The SMILES string of the molecule is Cn1c(NC(=O)OC(=O)OCc2ccccc2)nc2ccccc21. The first kappa shape index (κ1) is 15.5. The van der Waals surface area contributed by atoms with E-state index in [1.54, 1.807) is 23.7 Å². The molecule has 1 aromatic heterocycles. The lowest BCUT2D eigenvalue weighted by Gasteiger charge is -2.06. The van der Waals surface area contributed by atoms with Crippen molar-refractivity contribution in [3.8, 4) is 0 Å². The van der Waals surface area contributed by atoms with Crippen molar-refractivity contribution >= 4 is 29.2 Å². The van der Waals surface area contributed by atoms with Crippen molar-refractivity contribution in [1.29, 1.82) is 0 Å². The second kappa shape index (κ2) is 6.82. The highest BCUT2D eigenvalue weighted by Gasteiger charge is 2.15. The highest BCUT2D eigenvalue weighted by atomic mass is 16.7. The van der Waals surface area contributed by atoms with Gasteiger partial charge in [-0.2, -0.15) is 0 Å². The summed E-state index contributed by atoms with van der Waals surface area (Å²) in [5.41, 5.74) is 2.37. The largest absolute Gasteiger partial charge is 0.517 e. The number of rotatable bonds is 3. The fourth-order valence-electron chi connectivity index (χ4n) is 2.20. The Morgan fingerprint density at radius 3 is 2.54 bits per heavy atom. The maximum absolute atomic E-state index is 11.8. The molecule has 122 valence electrons. The van der Waals surface area contributed by atoms with Crippen molar-refractivity contribution < 1.29 is 19.1 Å². The molecule has 0 saturated heterocycles. The Bertz CT molecular complexity index is 874. The van der Waals surface area contributed by atoms with Crippen LogP contribution >= 0.6 is 0 Å². The van der Waals surface area contributed by atoms with Gasteiger partial charge in [0.25, 0.3) is 0 Å². The van der Waals surface area contributed by atoms with E-state index in [4.69, 9.17) is 4.74 Å². The van der Waals surface area contributed by atoms with Crippen molar-refractivity contribution in [2.24, 2.45) is 7.05 Å². The molecule has 0 aliphatic rings. The van der Waals surface area contributed by atoms with Gasteiger partial charge in [-0.3, -0.25) is 5.32 Å². The van der Waals surface area contributed by atoms with Crippen molar-refractivity contribution in [2.75, 3.05) is 5.32 Å². The number of hydrogen-bond donors (Lipinski definition) is 1. The third-order valence-electron chi connectivity index (χ3n) is 3.38. The Morgan fingerprint density at radius 1 is 1.08 bits per heavy atom. The number of ether oxygens (including phenoxy) is 2. The molecule has 7 heteroatoms. The summed E-state index contributed by atoms with van der Waals surface area (Å²) < 4.78 is 11.1. The molecule has 0 spiro atoms. The number of benzene rings is 2. The van der Waals surface area contributed by atoms with Crippen LogP contribution in [0.4, 0.5) is 15.5 Å². The first-order valence-electron chi connectivity index (χ1n) is 7.24. The lowest BCUT2D eigenvalue weighted by atomic mass is 10.2. The van der Waals surface area contributed by atoms with E-state index in [1.165, 1.54) is 0 Å². The molecule has 7 nitrogen and oxygen atoms in total. The summed E-state index contributed by atoms with van der Waals surface area (Å²) in [5.74, 6) is 0.275. The number of nitrogens with zero attached hydrogens (tertiary/aromatic N) is 2. The van der Waals surface area contributed by atoms with Gasteiger partial charge in [0.15, 0.2) is 0 Å². The van der Waals surface area contributed by atoms with E-state index in [-0.39, 0.29) is 12.6 Å². The standard InChI is InChI=1S/C17H15N3O4/c1-20-14-10-6-5-9-13(14)18-15(20)19-16(21)24-17(22)23-11-12-7-3-2-4-8-12/h2-10H,11H2,1H3,(H,18,19,21). The topological polar surface area (TPSA) is 82.5 Å². The van der Waals surface area contributed by atoms with E-state index in [0.717, 1.165) is 16.6 Å². The van der Waals surface area contributed by atoms with Crippen molar-refractivity contribution in [3.05, 3.63) is 60.2 Å². The van der Waals surface area contributed by atoms with Gasteiger partial charge in [0.05, 0.1) is 11.0 Å². The van der Waals surface area contributed by atoms with Gasteiger partial charge in [-0.1, -0.05) is 42.5 Å². The Morgan fingerprint density at radius 2 is 1.79 bits per heavy atom. The van der Waals surface area contributed by atoms with E-state index < -0.39 is 12.2 Å². The summed E-state index contributed by atoms with van der Waals surface area (Å²) in [5, 5.41) is 2.42. The van der Waals surface area contributed by atoms with Crippen LogP contribution in [0.2, 0.25) is 0 Å². The van der Waals surface area contributed by atoms with Gasteiger partial charge in [0, 0.05) is 7.05 Å². The quantitative estimate of drug-likeness (QED) is 0.589. The molecule has 1 amide bonds. The first-order valence-corrected chi connectivity index (χ1v) is 7.24. The third kappa shape index (κ3) is 3.52. The lowest BCUT2D eigenvalue weighted by Crippen LogP contribution is -2.20. The smallest absolute Gasteiger partial charge is 0.429 e. The molecule has 24 heavy (non-hydrogen) atoms. The summed E-state index contributed by atoms with van der Waals surface area (Å²) in [6.45, 7) is 0.0270. The highest BCUT2D eigenvalue weighted by Crippen LogP contribution is 2.17. The van der Waals surface area contributed by atoms with E-state index in [2.05, 4.69) is 15.0 Å². The molecule has 1 heterocycles. The first-order chi connectivity index (χ1) is 11.6. The van der Waals surface area contributed by atoms with E-state index >= 15 is 0 Å². The zero-order chi connectivity index (χ0) is 16.9. The van der Waals surface area contributed by atoms with Crippen LogP contribution in [0.3, 0.4) is 0 Å². The maximum atomic E-state index is 11.8. The lowest BCUT2D eigenvalue weighted by molar-refractivity contribution is 0.0741. The molecule has 0 radical (unpaired) electrons. The molecular weight excluding hydrogens is 310 g/mol. The van der Waals surface area contributed by atoms with Crippen LogP contribution in [0.5, 0.6) is 0 Å². The molecule has 0 aliphatic heterocycles. The van der Waals surface area contributed by atoms with Crippen molar-refractivity contribution in [3.63, 3.8) is 0 Å². The van der Waals surface area contributed by atoms with Crippen LogP contribution in [0.15, 0.2) is 54.6 Å². The summed E-state index contributed by atoms with van der Waals surface area (Å²) in [6, 6.07) is 16.5. The number of aryl methyl sites for hydroxylation is 1. The molecule has 0 aliphatic carbocycles. The minimum atomic E-state index is -1.07. The Hall–Kier alpha value is -3.35. The Labute approximate surface area is 137 Å². The summed E-state index contributed by atoms with van der Waals surface area (Å²) in [7, 11) is 1.75. The number of anilines is 1. The van der Waals surface area contributed by atoms with Crippen LogP contribution < -0.4 is 5.32 Å². The van der Waals surface area contributed by atoms with Gasteiger partial charge in [-0.05, 0) is 17.7 Å². The molecular formula is C17H15N3O4. The molecule has 0 unspecified atom stereocenters. The summed E-state index contributed by atoms with van der Waals surface area (Å²) >= 11 is 0. The Balaban J connectivity index is 1.56. The number of para-hydroxylation sites is 2. The Kier molecular flexibility index (Phi) is 4.42. The maximum Gasteiger partial charge on any atom is 0.517 e. The number of carbonyl (C=O) groups excluding carboxylic acids is 2. The molecule has 0 saturated carbocycles. The molecule has 0 atom stereocenters. The van der Waals surface area contributed by atoms with E-state index in [9.17, 15) is 9.59 Å². The zero-order valence-electron chi connectivity index (χ0n) is 12.9. The molecule has 2 aromatic carbocycles. The average Bonchev–Trinajstić information content (AvgIpc) is 2.90. The fraction of sp³-hybridized carbons (Fsp3) is 0.118. The number of amides is 1. The molecule has 3 aromatic rings. The summed E-state index contributed by atoms with van der Waals surface area (Å²) in [4.78, 5) is 27.6. The number of fused-ring (bicyclic) bond motifs is 1. The van der Waals surface area contributed by atoms with Gasteiger partial charge in [0.2, 0.25) is 5.95 Å². The van der Waals surface area contributed by atoms with Crippen LogP contribution in [0.25, 0.3) is 11.0 Å².